The number of rotatable bonds is 10. The number of fused-ring (bicyclic) bond motifs is 3. The minimum atomic E-state index is -2.84. The first-order valence-corrected chi connectivity index (χ1v) is 25.8. The maximum absolute atomic E-state index is 2.84. The van der Waals surface area contributed by atoms with Gasteiger partial charge in [0.15, 0.2) is 16.1 Å². The van der Waals surface area contributed by atoms with E-state index in [-0.39, 0.29) is 0 Å². The summed E-state index contributed by atoms with van der Waals surface area (Å²) in [4.78, 5) is 0. The van der Waals surface area contributed by atoms with Crippen LogP contribution in [0.4, 0.5) is 0 Å². The lowest BCUT2D eigenvalue weighted by Crippen LogP contribution is -2.74. The van der Waals surface area contributed by atoms with Crippen molar-refractivity contribution in [2.75, 3.05) is 0 Å². The summed E-state index contributed by atoms with van der Waals surface area (Å²) in [5.74, 6) is 0. The van der Waals surface area contributed by atoms with E-state index >= 15 is 0 Å². The first-order valence-electron chi connectivity index (χ1n) is 21.8. The molecule has 0 bridgehead atoms. The third-order valence-electron chi connectivity index (χ3n) is 13.1. The maximum Gasteiger partial charge on any atom is 0.179 e. The van der Waals surface area contributed by atoms with Gasteiger partial charge in [-0.15, -0.1) is 0 Å². The molecule has 0 atom stereocenters. The van der Waals surface area contributed by atoms with Crippen molar-refractivity contribution in [2.45, 2.75) is 0 Å². The molecule has 298 valence electrons. The molecule has 0 fully saturated rings. The molecule has 0 aliphatic heterocycles. The van der Waals surface area contributed by atoms with Gasteiger partial charge in [0.25, 0.3) is 0 Å². The minimum absolute atomic E-state index is 1.15. The Morgan fingerprint density at radius 3 is 0.857 bits per heavy atom. The van der Waals surface area contributed by atoms with Crippen LogP contribution in [0.1, 0.15) is 0 Å². The molecule has 11 aromatic rings. The van der Waals surface area contributed by atoms with Crippen molar-refractivity contribution in [3.05, 3.63) is 273 Å². The van der Waals surface area contributed by atoms with Gasteiger partial charge in [0.1, 0.15) is 0 Å². The standard InChI is InChI=1S/C60H45NSi2/c1-8-23-46(24-9-1)47-25-22-26-48(43-47)61-59-41-39-55(62(49-27-10-2-11-28-49,50-29-12-3-13-30-50)51-31-14-4-15-32-51)44-57(59)58-45-56(40-42-60(58)61)63(52-33-16-5-17-34-52,53-35-18-6-19-36-53)54-37-20-7-21-38-54/h1-45H. The van der Waals surface area contributed by atoms with Crippen LogP contribution in [0.25, 0.3) is 38.6 Å². The Balaban J connectivity index is 1.27. The molecule has 1 heterocycles. The van der Waals surface area contributed by atoms with Gasteiger partial charge in [-0.3, -0.25) is 0 Å². The lowest BCUT2D eigenvalue weighted by Gasteiger charge is -2.34. The van der Waals surface area contributed by atoms with E-state index in [1.165, 1.54) is 74.4 Å². The second-order valence-electron chi connectivity index (χ2n) is 16.4. The molecule has 0 unspecified atom stereocenters. The van der Waals surface area contributed by atoms with Gasteiger partial charge in [0.05, 0.1) is 11.0 Å². The van der Waals surface area contributed by atoms with Gasteiger partial charge < -0.3 is 4.57 Å². The van der Waals surface area contributed by atoms with Crippen LogP contribution in [0.5, 0.6) is 0 Å². The lowest BCUT2D eigenvalue weighted by atomic mass is 10.1. The second-order valence-corrected chi connectivity index (χ2v) is 24.0. The Hall–Kier alpha value is -7.57. The summed E-state index contributed by atoms with van der Waals surface area (Å²) in [6.07, 6.45) is 0. The number of aromatic nitrogens is 1. The molecule has 0 saturated carbocycles. The molecule has 0 aliphatic carbocycles. The third kappa shape index (κ3) is 6.44. The zero-order valence-corrected chi connectivity index (χ0v) is 36.9. The minimum Gasteiger partial charge on any atom is -0.309 e. The van der Waals surface area contributed by atoms with E-state index in [0.717, 1.165) is 5.69 Å². The number of hydrogen-bond acceptors (Lipinski definition) is 0. The molecule has 63 heavy (non-hydrogen) atoms. The summed E-state index contributed by atoms with van der Waals surface area (Å²) in [6.45, 7) is 0. The Morgan fingerprint density at radius 1 is 0.222 bits per heavy atom. The highest BCUT2D eigenvalue weighted by molar-refractivity contribution is 7.20. The Kier molecular flexibility index (Phi) is 9.97. The predicted octanol–water partition coefficient (Wildman–Crippen LogP) is 9.21. The summed E-state index contributed by atoms with van der Waals surface area (Å²) >= 11 is 0. The van der Waals surface area contributed by atoms with E-state index < -0.39 is 16.1 Å². The van der Waals surface area contributed by atoms with Crippen LogP contribution in [0, 0.1) is 0 Å². The molecule has 1 aromatic heterocycles. The first-order chi connectivity index (χ1) is 31.3. The van der Waals surface area contributed by atoms with Gasteiger partial charge in [0.2, 0.25) is 0 Å². The fourth-order valence-electron chi connectivity index (χ4n) is 10.4. The van der Waals surface area contributed by atoms with Crippen molar-refractivity contribution >= 4 is 79.4 Å². The van der Waals surface area contributed by atoms with Crippen molar-refractivity contribution in [1.82, 2.24) is 4.57 Å². The zero-order valence-electron chi connectivity index (χ0n) is 34.9. The van der Waals surface area contributed by atoms with Gasteiger partial charge in [-0.2, -0.15) is 0 Å². The summed E-state index contributed by atoms with van der Waals surface area (Å²) < 4.78 is 2.50. The zero-order chi connectivity index (χ0) is 42.1. The normalized spacial score (nSPS) is 11.8. The molecule has 0 radical (unpaired) electrons. The summed E-state index contributed by atoms with van der Waals surface area (Å²) in [6, 6.07) is 102. The van der Waals surface area contributed by atoms with Gasteiger partial charge in [-0.05, 0) is 76.9 Å². The SMILES string of the molecule is c1ccc(-c2cccc(-n3c4ccc([Si](c5ccccc5)(c5ccccc5)c5ccccc5)cc4c4cc([Si](c5ccccc5)(c5ccccc5)c5ccccc5)ccc43)c2)cc1. The highest BCUT2D eigenvalue weighted by atomic mass is 28.3. The Bertz CT molecular complexity index is 2920. The average Bonchev–Trinajstić information content (AvgIpc) is 3.70. The van der Waals surface area contributed by atoms with Gasteiger partial charge in [-0.25, -0.2) is 0 Å². The van der Waals surface area contributed by atoms with Crippen molar-refractivity contribution in [2.24, 2.45) is 0 Å². The summed E-state index contributed by atoms with van der Waals surface area (Å²) in [7, 11) is -5.67. The monoisotopic (exact) mass is 835 g/mol. The molecular formula is C60H45NSi2. The highest BCUT2D eigenvalue weighted by Crippen LogP contribution is 2.34. The van der Waals surface area contributed by atoms with Crippen LogP contribution < -0.4 is 41.5 Å². The van der Waals surface area contributed by atoms with Crippen LogP contribution in [-0.2, 0) is 0 Å². The van der Waals surface area contributed by atoms with E-state index in [9.17, 15) is 0 Å². The van der Waals surface area contributed by atoms with Gasteiger partial charge in [0, 0.05) is 16.5 Å². The molecule has 10 aromatic carbocycles. The topological polar surface area (TPSA) is 4.93 Å². The number of hydrogen-bond donors (Lipinski definition) is 0. The number of nitrogens with zero attached hydrogens (tertiary/aromatic N) is 1. The molecule has 3 heteroatoms. The van der Waals surface area contributed by atoms with Gasteiger partial charge in [-0.1, -0.05) is 249 Å². The first kappa shape index (κ1) is 38.4. The van der Waals surface area contributed by atoms with Crippen LogP contribution in [-0.4, -0.2) is 20.7 Å². The molecule has 0 N–H and O–H groups in total. The fourth-order valence-corrected chi connectivity index (χ4v) is 19.9. The van der Waals surface area contributed by atoms with Crippen LogP contribution in [0.2, 0.25) is 0 Å². The predicted molar refractivity (Wildman–Crippen MR) is 273 cm³/mol. The largest absolute Gasteiger partial charge is 0.309 e. The van der Waals surface area contributed by atoms with Crippen molar-refractivity contribution < 1.29 is 0 Å². The van der Waals surface area contributed by atoms with Crippen LogP contribution in [0.3, 0.4) is 0 Å². The second kappa shape index (κ2) is 16.4. The average molecular weight is 836 g/mol. The summed E-state index contributed by atoms with van der Waals surface area (Å²) in [5, 5.41) is 13.4. The molecule has 0 aliphatic rings. The lowest BCUT2D eigenvalue weighted by molar-refractivity contribution is 1.18. The maximum atomic E-state index is 2.56. The van der Waals surface area contributed by atoms with Crippen molar-refractivity contribution in [3.63, 3.8) is 0 Å². The Labute approximate surface area is 371 Å². The molecule has 11 rings (SSSR count). The van der Waals surface area contributed by atoms with E-state index in [2.05, 4.69) is 278 Å². The molecular weight excluding hydrogens is 791 g/mol. The fraction of sp³-hybridized carbons (Fsp3) is 0. The van der Waals surface area contributed by atoms with Crippen LogP contribution >= 0.6 is 0 Å². The Morgan fingerprint density at radius 2 is 0.524 bits per heavy atom. The van der Waals surface area contributed by atoms with Crippen molar-refractivity contribution in [3.8, 4) is 16.8 Å². The summed E-state index contributed by atoms with van der Waals surface area (Å²) in [5.41, 5.74) is 5.94. The quantitative estimate of drug-likeness (QED) is 0.0958. The molecule has 0 saturated heterocycles. The number of benzene rings is 10. The highest BCUT2D eigenvalue weighted by Gasteiger charge is 2.43. The third-order valence-corrected chi connectivity index (χ3v) is 22.6. The smallest absolute Gasteiger partial charge is 0.179 e. The van der Waals surface area contributed by atoms with E-state index in [4.69, 9.17) is 0 Å². The van der Waals surface area contributed by atoms with E-state index in [1.54, 1.807) is 0 Å². The van der Waals surface area contributed by atoms with E-state index in [0.29, 0.717) is 0 Å². The molecule has 0 amide bonds. The molecule has 1 nitrogen and oxygen atoms in total. The molecule has 0 spiro atoms. The van der Waals surface area contributed by atoms with Gasteiger partial charge >= 0.3 is 0 Å². The van der Waals surface area contributed by atoms with E-state index in [1.807, 2.05) is 0 Å². The van der Waals surface area contributed by atoms with Crippen LogP contribution in [0.15, 0.2) is 273 Å². The van der Waals surface area contributed by atoms with Crippen molar-refractivity contribution in [1.29, 1.82) is 0 Å².